The summed E-state index contributed by atoms with van der Waals surface area (Å²) in [6, 6.07) is 7.94. The number of halogens is 1. The van der Waals surface area contributed by atoms with Gasteiger partial charge < -0.3 is 15.0 Å². The minimum Gasteiger partial charge on any atom is -0.471 e. The summed E-state index contributed by atoms with van der Waals surface area (Å²) in [7, 11) is 1.76. The van der Waals surface area contributed by atoms with Crippen molar-refractivity contribution in [1.82, 2.24) is 19.9 Å². The zero-order chi connectivity index (χ0) is 13.9. The standard InChI is InChI=1S/C13H12BrN5O/c1-15-13-18-11-10(16-7-17-11)12(19-13)20-6-8-3-2-4-9(14)5-8/h2-5,7H,6H2,1H3,(H2,15,16,17,18,19). The highest BCUT2D eigenvalue weighted by atomic mass is 79.9. The van der Waals surface area contributed by atoms with Gasteiger partial charge in [0.25, 0.3) is 0 Å². The normalized spacial score (nSPS) is 10.7. The van der Waals surface area contributed by atoms with Gasteiger partial charge in [0.2, 0.25) is 11.8 Å². The van der Waals surface area contributed by atoms with Gasteiger partial charge >= 0.3 is 0 Å². The topological polar surface area (TPSA) is 75.7 Å². The molecule has 0 spiro atoms. The second-order valence-corrected chi connectivity index (χ2v) is 5.04. The lowest BCUT2D eigenvalue weighted by molar-refractivity contribution is 0.297. The molecule has 2 heterocycles. The van der Waals surface area contributed by atoms with Crippen LogP contribution in [0.2, 0.25) is 0 Å². The number of fused-ring (bicyclic) bond motifs is 1. The van der Waals surface area contributed by atoms with E-state index in [4.69, 9.17) is 4.74 Å². The van der Waals surface area contributed by atoms with Crippen molar-refractivity contribution in [2.24, 2.45) is 0 Å². The Morgan fingerprint density at radius 3 is 3.05 bits per heavy atom. The third-order valence-corrected chi connectivity index (χ3v) is 3.23. The molecule has 0 fully saturated rings. The summed E-state index contributed by atoms with van der Waals surface area (Å²) in [5.74, 6) is 0.964. The summed E-state index contributed by atoms with van der Waals surface area (Å²) >= 11 is 3.44. The molecule has 2 aromatic heterocycles. The number of nitrogens with one attached hydrogen (secondary N) is 2. The van der Waals surface area contributed by atoms with Gasteiger partial charge in [0.05, 0.1) is 6.33 Å². The Balaban J connectivity index is 1.88. The van der Waals surface area contributed by atoms with E-state index in [1.807, 2.05) is 24.3 Å². The number of nitrogens with zero attached hydrogens (tertiary/aromatic N) is 3. The molecule has 0 atom stereocenters. The Hall–Kier alpha value is -2.15. The molecule has 102 valence electrons. The molecule has 0 bridgehead atoms. The van der Waals surface area contributed by atoms with E-state index in [2.05, 4.69) is 41.2 Å². The number of aromatic amines is 1. The van der Waals surface area contributed by atoms with Crippen LogP contribution in [0.3, 0.4) is 0 Å². The molecule has 6 nitrogen and oxygen atoms in total. The number of imidazole rings is 1. The molecule has 1 aromatic carbocycles. The Morgan fingerprint density at radius 1 is 1.35 bits per heavy atom. The summed E-state index contributed by atoms with van der Waals surface area (Å²) in [5.41, 5.74) is 2.32. The lowest BCUT2D eigenvalue weighted by Gasteiger charge is -2.07. The highest BCUT2D eigenvalue weighted by molar-refractivity contribution is 9.10. The molecule has 0 aliphatic heterocycles. The van der Waals surface area contributed by atoms with Gasteiger partial charge in [-0.3, -0.25) is 0 Å². The quantitative estimate of drug-likeness (QED) is 0.767. The van der Waals surface area contributed by atoms with Crippen molar-refractivity contribution < 1.29 is 4.74 Å². The van der Waals surface area contributed by atoms with Crippen LogP contribution in [0, 0.1) is 0 Å². The maximum absolute atomic E-state index is 5.78. The Kier molecular flexibility index (Phi) is 3.51. The largest absolute Gasteiger partial charge is 0.471 e. The van der Waals surface area contributed by atoms with Gasteiger partial charge in [-0.15, -0.1) is 0 Å². The number of benzene rings is 1. The monoisotopic (exact) mass is 333 g/mol. The predicted octanol–water partition coefficient (Wildman–Crippen LogP) is 2.74. The molecule has 3 rings (SSSR count). The molecule has 3 aromatic rings. The lowest BCUT2D eigenvalue weighted by atomic mass is 10.2. The maximum Gasteiger partial charge on any atom is 0.245 e. The summed E-state index contributed by atoms with van der Waals surface area (Å²) in [6.45, 7) is 0.424. The number of hydrogen-bond acceptors (Lipinski definition) is 5. The van der Waals surface area contributed by atoms with Crippen molar-refractivity contribution in [3.05, 3.63) is 40.6 Å². The molecular formula is C13H12BrN5O. The summed E-state index contributed by atoms with van der Waals surface area (Å²) in [4.78, 5) is 15.6. The second-order valence-electron chi connectivity index (χ2n) is 4.12. The van der Waals surface area contributed by atoms with E-state index in [-0.39, 0.29) is 0 Å². The second kappa shape index (κ2) is 5.46. The van der Waals surface area contributed by atoms with Crippen molar-refractivity contribution in [3.8, 4) is 5.88 Å². The lowest BCUT2D eigenvalue weighted by Crippen LogP contribution is -2.02. The van der Waals surface area contributed by atoms with Crippen LogP contribution in [0.5, 0.6) is 5.88 Å². The fourth-order valence-electron chi connectivity index (χ4n) is 1.80. The summed E-state index contributed by atoms with van der Waals surface area (Å²) < 4.78 is 6.80. The van der Waals surface area contributed by atoms with Gasteiger partial charge in [0, 0.05) is 11.5 Å². The zero-order valence-electron chi connectivity index (χ0n) is 10.7. The minimum atomic E-state index is 0.424. The van der Waals surface area contributed by atoms with Crippen molar-refractivity contribution >= 4 is 33.0 Å². The van der Waals surface area contributed by atoms with Gasteiger partial charge in [-0.2, -0.15) is 9.97 Å². The molecule has 0 saturated carbocycles. The molecule has 0 unspecified atom stereocenters. The van der Waals surface area contributed by atoms with Crippen LogP contribution in [0.4, 0.5) is 5.95 Å². The summed E-state index contributed by atoms with van der Waals surface area (Å²) in [5, 5.41) is 2.89. The van der Waals surface area contributed by atoms with Crippen LogP contribution in [0.15, 0.2) is 35.1 Å². The average molecular weight is 334 g/mol. The van der Waals surface area contributed by atoms with E-state index in [0.717, 1.165) is 10.0 Å². The van der Waals surface area contributed by atoms with Gasteiger partial charge in [-0.1, -0.05) is 28.1 Å². The number of aromatic nitrogens is 4. The highest BCUT2D eigenvalue weighted by Gasteiger charge is 2.10. The van der Waals surface area contributed by atoms with Crippen molar-refractivity contribution in [2.75, 3.05) is 12.4 Å². The molecule has 0 aliphatic rings. The SMILES string of the molecule is CNc1nc(OCc2cccc(Br)c2)c2[nH]cnc2n1. The number of hydrogen-bond donors (Lipinski definition) is 2. The number of rotatable bonds is 4. The molecule has 7 heteroatoms. The first-order chi connectivity index (χ1) is 9.76. The van der Waals surface area contributed by atoms with E-state index < -0.39 is 0 Å². The Morgan fingerprint density at radius 2 is 2.25 bits per heavy atom. The number of H-pyrrole nitrogens is 1. The predicted molar refractivity (Wildman–Crippen MR) is 79.7 cm³/mol. The smallest absolute Gasteiger partial charge is 0.245 e. The maximum atomic E-state index is 5.78. The van der Waals surface area contributed by atoms with Crippen LogP contribution in [0.25, 0.3) is 11.2 Å². The van der Waals surface area contributed by atoms with Crippen LogP contribution < -0.4 is 10.1 Å². The van der Waals surface area contributed by atoms with Crippen LogP contribution in [-0.4, -0.2) is 27.0 Å². The van der Waals surface area contributed by atoms with Gasteiger partial charge in [-0.05, 0) is 17.7 Å². The number of ether oxygens (including phenoxy) is 1. The van der Waals surface area contributed by atoms with E-state index >= 15 is 0 Å². The van der Waals surface area contributed by atoms with E-state index in [1.165, 1.54) is 0 Å². The fraction of sp³-hybridized carbons (Fsp3) is 0.154. The van der Waals surface area contributed by atoms with Gasteiger partial charge in [0.15, 0.2) is 5.65 Å². The average Bonchev–Trinajstić information content (AvgIpc) is 2.93. The molecule has 0 saturated heterocycles. The first kappa shape index (κ1) is 12.9. The molecular weight excluding hydrogens is 322 g/mol. The summed E-state index contributed by atoms with van der Waals surface area (Å²) in [6.07, 6.45) is 1.57. The molecule has 20 heavy (non-hydrogen) atoms. The molecule has 0 amide bonds. The van der Waals surface area contributed by atoms with Gasteiger partial charge in [0.1, 0.15) is 12.1 Å². The zero-order valence-corrected chi connectivity index (χ0v) is 12.3. The first-order valence-corrected chi connectivity index (χ1v) is 6.81. The highest BCUT2D eigenvalue weighted by Crippen LogP contribution is 2.22. The Labute approximate surface area is 123 Å². The molecule has 0 radical (unpaired) electrons. The van der Waals surface area contributed by atoms with Crippen molar-refractivity contribution in [2.45, 2.75) is 6.61 Å². The number of anilines is 1. The third-order valence-electron chi connectivity index (χ3n) is 2.74. The fourth-order valence-corrected chi connectivity index (χ4v) is 2.25. The van der Waals surface area contributed by atoms with Crippen LogP contribution in [-0.2, 0) is 6.61 Å². The van der Waals surface area contributed by atoms with E-state index in [1.54, 1.807) is 13.4 Å². The van der Waals surface area contributed by atoms with Crippen LogP contribution in [0.1, 0.15) is 5.56 Å². The minimum absolute atomic E-state index is 0.424. The van der Waals surface area contributed by atoms with Crippen molar-refractivity contribution in [1.29, 1.82) is 0 Å². The van der Waals surface area contributed by atoms with E-state index in [0.29, 0.717) is 29.6 Å². The molecule has 2 N–H and O–H groups in total. The first-order valence-electron chi connectivity index (χ1n) is 6.02. The van der Waals surface area contributed by atoms with Crippen molar-refractivity contribution in [3.63, 3.8) is 0 Å². The third kappa shape index (κ3) is 2.57. The molecule has 0 aliphatic carbocycles. The van der Waals surface area contributed by atoms with Crippen LogP contribution >= 0.6 is 15.9 Å². The van der Waals surface area contributed by atoms with E-state index in [9.17, 15) is 0 Å². The van der Waals surface area contributed by atoms with Gasteiger partial charge in [-0.25, -0.2) is 4.98 Å². The Bertz CT molecular complexity index is 742.